The average Bonchev–Trinajstić information content (AvgIpc) is 2.73. The number of rotatable bonds is 5. The Kier molecular flexibility index (Phi) is 3.70. The van der Waals surface area contributed by atoms with Gasteiger partial charge in [0.2, 0.25) is 0 Å². The summed E-state index contributed by atoms with van der Waals surface area (Å²) in [5, 5.41) is 9.13. The van der Waals surface area contributed by atoms with E-state index in [0.717, 1.165) is 35.6 Å². The maximum Gasteiger partial charge on any atom is 0.335 e. The zero-order valence-electron chi connectivity index (χ0n) is 12.7. The van der Waals surface area contributed by atoms with Crippen LogP contribution in [0, 0.1) is 5.92 Å². The highest BCUT2D eigenvalue weighted by Crippen LogP contribution is 2.38. The number of nitrogens with zero attached hydrogens (tertiary/aromatic N) is 2. The van der Waals surface area contributed by atoms with Gasteiger partial charge in [0.15, 0.2) is 0 Å². The summed E-state index contributed by atoms with van der Waals surface area (Å²) in [6.45, 7) is 4.43. The Balaban J connectivity index is 2.10. The molecule has 4 nitrogen and oxygen atoms in total. The molecular formula is C17H22N2O2. The van der Waals surface area contributed by atoms with E-state index in [1.165, 1.54) is 19.3 Å². The lowest BCUT2D eigenvalue weighted by Gasteiger charge is -2.33. The highest BCUT2D eigenvalue weighted by molar-refractivity contribution is 5.92. The molecule has 21 heavy (non-hydrogen) atoms. The molecule has 112 valence electrons. The first kappa shape index (κ1) is 14.1. The Bertz CT molecular complexity index is 671. The number of hydrogen-bond acceptors (Lipinski definition) is 2. The Morgan fingerprint density at radius 3 is 2.81 bits per heavy atom. The van der Waals surface area contributed by atoms with Crippen molar-refractivity contribution in [3.8, 4) is 0 Å². The van der Waals surface area contributed by atoms with Gasteiger partial charge in [0.05, 0.1) is 16.6 Å². The van der Waals surface area contributed by atoms with Crippen LogP contribution in [0.15, 0.2) is 18.2 Å². The van der Waals surface area contributed by atoms with Crippen LogP contribution in [0.4, 0.5) is 0 Å². The van der Waals surface area contributed by atoms with Gasteiger partial charge in [-0.05, 0) is 50.3 Å². The number of aromatic carboxylic acids is 1. The van der Waals surface area contributed by atoms with E-state index in [2.05, 4.69) is 18.4 Å². The molecule has 0 radical (unpaired) electrons. The number of carboxylic acid groups (broad SMARTS) is 1. The molecule has 1 aromatic heterocycles. The molecule has 0 aliphatic heterocycles. The first-order valence-corrected chi connectivity index (χ1v) is 7.86. The molecule has 3 rings (SSSR count). The molecule has 1 fully saturated rings. The van der Waals surface area contributed by atoms with E-state index in [1.54, 1.807) is 12.1 Å². The maximum absolute atomic E-state index is 11.1. The molecule has 4 heteroatoms. The van der Waals surface area contributed by atoms with Crippen LogP contribution in [-0.4, -0.2) is 20.6 Å². The smallest absolute Gasteiger partial charge is 0.335 e. The van der Waals surface area contributed by atoms with Gasteiger partial charge < -0.3 is 9.67 Å². The highest BCUT2D eigenvalue weighted by Gasteiger charge is 2.28. The molecular weight excluding hydrogens is 264 g/mol. The van der Waals surface area contributed by atoms with Crippen LogP contribution in [0.1, 0.15) is 61.8 Å². The van der Waals surface area contributed by atoms with Crippen LogP contribution in [0.2, 0.25) is 0 Å². The quantitative estimate of drug-likeness (QED) is 0.902. The molecule has 0 bridgehead atoms. The number of imidazole rings is 1. The molecule has 1 saturated carbocycles. The van der Waals surface area contributed by atoms with E-state index in [9.17, 15) is 4.79 Å². The lowest BCUT2D eigenvalue weighted by atomic mass is 9.80. The van der Waals surface area contributed by atoms with Crippen molar-refractivity contribution in [1.29, 1.82) is 0 Å². The van der Waals surface area contributed by atoms with Crippen molar-refractivity contribution in [1.82, 2.24) is 9.55 Å². The van der Waals surface area contributed by atoms with Crippen molar-refractivity contribution in [2.24, 2.45) is 5.92 Å². The molecule has 1 aromatic carbocycles. The third-order valence-corrected chi connectivity index (χ3v) is 4.72. The lowest BCUT2D eigenvalue weighted by Crippen LogP contribution is -2.24. The Labute approximate surface area is 124 Å². The summed E-state index contributed by atoms with van der Waals surface area (Å²) in [5.74, 6) is 0.933. The molecule has 0 spiro atoms. The molecule has 1 aliphatic rings. The van der Waals surface area contributed by atoms with Gasteiger partial charge in [0.1, 0.15) is 5.82 Å². The predicted molar refractivity (Wildman–Crippen MR) is 82.7 cm³/mol. The topological polar surface area (TPSA) is 55.1 Å². The number of benzene rings is 1. The second-order valence-corrected chi connectivity index (χ2v) is 6.09. The molecule has 1 atom stereocenters. The van der Waals surface area contributed by atoms with Crippen molar-refractivity contribution in [3.05, 3.63) is 29.6 Å². The second-order valence-electron chi connectivity index (χ2n) is 6.09. The SMILES string of the molecule is CCCc1nc2cc(C(=O)O)ccc2n1C(C)C1CCC1. The highest BCUT2D eigenvalue weighted by atomic mass is 16.4. The van der Waals surface area contributed by atoms with Crippen molar-refractivity contribution in [2.45, 2.75) is 52.0 Å². The Morgan fingerprint density at radius 1 is 1.48 bits per heavy atom. The van der Waals surface area contributed by atoms with Gasteiger partial charge in [0, 0.05) is 12.5 Å². The largest absolute Gasteiger partial charge is 0.478 e. The predicted octanol–water partition coefficient (Wildman–Crippen LogP) is 4.05. The van der Waals surface area contributed by atoms with Crippen LogP contribution in [-0.2, 0) is 6.42 Å². The van der Waals surface area contributed by atoms with Gasteiger partial charge in [-0.15, -0.1) is 0 Å². The molecule has 1 N–H and O–H groups in total. The van der Waals surface area contributed by atoms with Crippen molar-refractivity contribution in [3.63, 3.8) is 0 Å². The van der Waals surface area contributed by atoms with Crippen LogP contribution in [0.3, 0.4) is 0 Å². The number of hydrogen-bond donors (Lipinski definition) is 1. The summed E-state index contributed by atoms with van der Waals surface area (Å²) < 4.78 is 2.34. The minimum Gasteiger partial charge on any atom is -0.478 e. The monoisotopic (exact) mass is 286 g/mol. The van der Waals surface area contributed by atoms with E-state index in [0.29, 0.717) is 11.6 Å². The lowest BCUT2D eigenvalue weighted by molar-refractivity contribution is 0.0697. The molecule has 1 unspecified atom stereocenters. The number of carbonyl (C=O) groups is 1. The van der Waals surface area contributed by atoms with Gasteiger partial charge in [-0.2, -0.15) is 0 Å². The normalized spacial score (nSPS) is 16.9. The zero-order chi connectivity index (χ0) is 15.0. The van der Waals surface area contributed by atoms with Crippen molar-refractivity contribution in [2.75, 3.05) is 0 Å². The average molecular weight is 286 g/mol. The van der Waals surface area contributed by atoms with Gasteiger partial charge in [-0.1, -0.05) is 13.3 Å². The second kappa shape index (κ2) is 5.51. The summed E-state index contributed by atoms with van der Waals surface area (Å²) in [7, 11) is 0. The van der Waals surface area contributed by atoms with Gasteiger partial charge in [-0.3, -0.25) is 0 Å². The standard InChI is InChI=1S/C17H22N2O2/c1-3-5-16-18-14-10-13(17(20)21)8-9-15(14)19(16)11(2)12-6-4-7-12/h8-12H,3-7H2,1-2H3,(H,20,21). The fourth-order valence-corrected chi connectivity index (χ4v) is 3.27. The third-order valence-electron chi connectivity index (χ3n) is 4.72. The van der Waals surface area contributed by atoms with Crippen molar-refractivity contribution >= 4 is 17.0 Å². The van der Waals surface area contributed by atoms with Crippen LogP contribution >= 0.6 is 0 Å². The molecule has 1 heterocycles. The van der Waals surface area contributed by atoms with E-state index >= 15 is 0 Å². The maximum atomic E-state index is 11.1. The number of aryl methyl sites for hydroxylation is 1. The molecule has 1 aliphatic carbocycles. The summed E-state index contributed by atoms with van der Waals surface area (Å²) in [6.07, 6.45) is 5.90. The Morgan fingerprint density at radius 2 is 2.24 bits per heavy atom. The first-order valence-electron chi connectivity index (χ1n) is 7.86. The van der Waals surface area contributed by atoms with Gasteiger partial charge >= 0.3 is 5.97 Å². The summed E-state index contributed by atoms with van der Waals surface area (Å²) in [4.78, 5) is 15.8. The number of aromatic nitrogens is 2. The van der Waals surface area contributed by atoms with E-state index in [-0.39, 0.29) is 0 Å². The van der Waals surface area contributed by atoms with Crippen LogP contribution in [0.5, 0.6) is 0 Å². The van der Waals surface area contributed by atoms with E-state index in [1.807, 2.05) is 6.07 Å². The fourth-order valence-electron chi connectivity index (χ4n) is 3.27. The fraction of sp³-hybridized carbons (Fsp3) is 0.529. The van der Waals surface area contributed by atoms with Crippen LogP contribution < -0.4 is 0 Å². The molecule has 0 saturated heterocycles. The Hall–Kier alpha value is -1.84. The summed E-state index contributed by atoms with van der Waals surface area (Å²) in [6, 6.07) is 5.74. The molecule has 0 amide bonds. The third kappa shape index (κ3) is 2.43. The van der Waals surface area contributed by atoms with Crippen LogP contribution in [0.25, 0.3) is 11.0 Å². The van der Waals surface area contributed by atoms with Gasteiger partial charge in [0.25, 0.3) is 0 Å². The summed E-state index contributed by atoms with van der Waals surface area (Å²) >= 11 is 0. The van der Waals surface area contributed by atoms with E-state index < -0.39 is 5.97 Å². The number of fused-ring (bicyclic) bond motifs is 1. The zero-order valence-corrected chi connectivity index (χ0v) is 12.7. The van der Waals surface area contributed by atoms with E-state index in [4.69, 9.17) is 10.1 Å². The summed E-state index contributed by atoms with van der Waals surface area (Å²) in [5.41, 5.74) is 2.19. The first-order chi connectivity index (χ1) is 10.1. The van der Waals surface area contributed by atoms with Crippen molar-refractivity contribution < 1.29 is 9.90 Å². The van der Waals surface area contributed by atoms with Gasteiger partial charge in [-0.25, -0.2) is 9.78 Å². The minimum atomic E-state index is -0.893. The minimum absolute atomic E-state index is 0.312. The number of carboxylic acids is 1. The molecule has 2 aromatic rings.